The van der Waals surface area contributed by atoms with E-state index in [0.29, 0.717) is 6.61 Å². The molecule has 17 heavy (non-hydrogen) atoms. The zero-order valence-electron chi connectivity index (χ0n) is 10.3. The molecule has 2 nitrogen and oxygen atoms in total. The van der Waals surface area contributed by atoms with Crippen molar-refractivity contribution >= 4 is 0 Å². The van der Waals surface area contributed by atoms with Crippen molar-refractivity contribution in [2.24, 2.45) is 0 Å². The van der Waals surface area contributed by atoms with Gasteiger partial charge < -0.3 is 10.1 Å². The molecule has 1 aromatic rings. The molecule has 1 aliphatic heterocycles. The maximum Gasteiger partial charge on any atom is 0.127 e. The second-order valence-corrected chi connectivity index (χ2v) is 4.73. The van der Waals surface area contributed by atoms with Gasteiger partial charge in [0.05, 0.1) is 0 Å². The minimum Gasteiger partial charge on any atom is -0.381 e. The fourth-order valence-electron chi connectivity index (χ4n) is 2.33. The first-order chi connectivity index (χ1) is 8.28. The minimum absolute atomic E-state index is 0.0565. The molecule has 0 bridgehead atoms. The van der Waals surface area contributed by atoms with Gasteiger partial charge in [0.2, 0.25) is 0 Å². The molecule has 1 saturated heterocycles. The van der Waals surface area contributed by atoms with Crippen LogP contribution in [-0.2, 0) is 10.2 Å². The Kier molecular flexibility index (Phi) is 4.13. The van der Waals surface area contributed by atoms with Gasteiger partial charge in [-0.25, -0.2) is 4.39 Å². The van der Waals surface area contributed by atoms with Crippen molar-refractivity contribution in [3.05, 3.63) is 35.6 Å². The lowest BCUT2D eigenvalue weighted by atomic mass is 9.72. The molecule has 0 unspecified atom stereocenters. The van der Waals surface area contributed by atoms with E-state index >= 15 is 0 Å². The molecule has 1 heterocycles. The summed E-state index contributed by atoms with van der Waals surface area (Å²) in [6.45, 7) is 5.30. The van der Waals surface area contributed by atoms with Crippen LogP contribution >= 0.6 is 0 Å². The molecule has 0 saturated carbocycles. The van der Waals surface area contributed by atoms with Crippen molar-refractivity contribution in [3.63, 3.8) is 0 Å². The molecule has 1 aromatic carbocycles. The van der Waals surface area contributed by atoms with Crippen LogP contribution in [0, 0.1) is 5.82 Å². The van der Waals surface area contributed by atoms with Crippen LogP contribution in [0.25, 0.3) is 0 Å². The molecule has 0 amide bonds. The van der Waals surface area contributed by atoms with Crippen LogP contribution in [0.1, 0.15) is 25.3 Å². The Morgan fingerprint density at radius 1 is 1.29 bits per heavy atom. The number of rotatable bonds is 6. The Labute approximate surface area is 102 Å². The molecule has 0 atom stereocenters. The third kappa shape index (κ3) is 2.67. The summed E-state index contributed by atoms with van der Waals surface area (Å²) in [6.07, 6.45) is 1.92. The molecular weight excluding hydrogens is 217 g/mol. The summed E-state index contributed by atoms with van der Waals surface area (Å²) in [5, 5.41) is 3.25. The Morgan fingerprint density at radius 2 is 2.06 bits per heavy atom. The van der Waals surface area contributed by atoms with Crippen molar-refractivity contribution in [3.8, 4) is 0 Å². The molecule has 1 aliphatic rings. The van der Waals surface area contributed by atoms with E-state index in [0.717, 1.165) is 38.1 Å². The van der Waals surface area contributed by atoms with Crippen LogP contribution in [0.2, 0.25) is 0 Å². The van der Waals surface area contributed by atoms with Crippen molar-refractivity contribution in [2.45, 2.75) is 25.2 Å². The van der Waals surface area contributed by atoms with Crippen LogP contribution in [0.3, 0.4) is 0 Å². The molecular formula is C14H20FNO. The first-order valence-electron chi connectivity index (χ1n) is 6.32. The zero-order chi connectivity index (χ0) is 12.1. The summed E-state index contributed by atoms with van der Waals surface area (Å²) in [6, 6.07) is 7.09. The lowest BCUT2D eigenvalue weighted by Crippen LogP contribution is -2.57. The van der Waals surface area contributed by atoms with E-state index in [-0.39, 0.29) is 11.2 Å². The van der Waals surface area contributed by atoms with Crippen molar-refractivity contribution in [1.82, 2.24) is 5.32 Å². The Hall–Kier alpha value is -0.930. The third-order valence-electron chi connectivity index (χ3n) is 3.45. The predicted molar refractivity (Wildman–Crippen MR) is 66.7 cm³/mol. The van der Waals surface area contributed by atoms with Crippen LogP contribution in [0.5, 0.6) is 0 Å². The lowest BCUT2D eigenvalue weighted by molar-refractivity contribution is 0.0986. The molecule has 1 fully saturated rings. The van der Waals surface area contributed by atoms with E-state index in [2.05, 4.69) is 12.2 Å². The highest BCUT2D eigenvalue weighted by molar-refractivity contribution is 5.31. The van der Waals surface area contributed by atoms with Gasteiger partial charge in [0, 0.05) is 31.7 Å². The summed E-state index contributed by atoms with van der Waals surface area (Å²) >= 11 is 0. The standard InChI is InChI=1S/C14H20FNO/c1-2-8-17-9-7-14(10-16-11-14)12-5-3-4-6-13(12)15/h3-6,16H,2,7-11H2,1H3. The van der Waals surface area contributed by atoms with Gasteiger partial charge in [-0.05, 0) is 24.5 Å². The maximum atomic E-state index is 13.8. The van der Waals surface area contributed by atoms with Gasteiger partial charge >= 0.3 is 0 Å². The van der Waals surface area contributed by atoms with Gasteiger partial charge in [-0.15, -0.1) is 0 Å². The van der Waals surface area contributed by atoms with Gasteiger partial charge in [0.25, 0.3) is 0 Å². The van der Waals surface area contributed by atoms with Gasteiger partial charge in [-0.3, -0.25) is 0 Å². The second-order valence-electron chi connectivity index (χ2n) is 4.73. The summed E-state index contributed by atoms with van der Waals surface area (Å²) in [5.74, 6) is -0.0931. The lowest BCUT2D eigenvalue weighted by Gasteiger charge is -2.43. The molecule has 94 valence electrons. The van der Waals surface area contributed by atoms with Crippen molar-refractivity contribution < 1.29 is 9.13 Å². The molecule has 0 aromatic heterocycles. The number of hydrogen-bond acceptors (Lipinski definition) is 2. The number of nitrogens with one attached hydrogen (secondary N) is 1. The number of ether oxygens (including phenoxy) is 1. The van der Waals surface area contributed by atoms with Crippen LogP contribution in [-0.4, -0.2) is 26.3 Å². The normalized spacial score (nSPS) is 17.8. The van der Waals surface area contributed by atoms with E-state index in [9.17, 15) is 4.39 Å². The van der Waals surface area contributed by atoms with E-state index in [4.69, 9.17) is 4.74 Å². The SMILES string of the molecule is CCCOCCC1(c2ccccc2F)CNC1. The second kappa shape index (κ2) is 5.61. The molecule has 1 N–H and O–H groups in total. The summed E-state index contributed by atoms with van der Waals surface area (Å²) in [4.78, 5) is 0. The monoisotopic (exact) mass is 237 g/mol. The third-order valence-corrected chi connectivity index (χ3v) is 3.45. The Morgan fingerprint density at radius 3 is 2.65 bits per heavy atom. The molecule has 0 spiro atoms. The summed E-state index contributed by atoms with van der Waals surface area (Å²) in [5.41, 5.74) is 0.776. The van der Waals surface area contributed by atoms with E-state index in [1.807, 2.05) is 12.1 Å². The Bertz CT molecular complexity index is 363. The quantitative estimate of drug-likeness (QED) is 0.767. The first-order valence-corrected chi connectivity index (χ1v) is 6.32. The van der Waals surface area contributed by atoms with Crippen molar-refractivity contribution in [1.29, 1.82) is 0 Å². The topological polar surface area (TPSA) is 21.3 Å². The smallest absolute Gasteiger partial charge is 0.127 e. The number of benzene rings is 1. The summed E-state index contributed by atoms with van der Waals surface area (Å²) < 4.78 is 19.3. The number of halogens is 1. The van der Waals surface area contributed by atoms with Crippen LogP contribution in [0.15, 0.2) is 24.3 Å². The zero-order valence-corrected chi connectivity index (χ0v) is 10.3. The minimum atomic E-state index is -0.0931. The summed E-state index contributed by atoms with van der Waals surface area (Å²) in [7, 11) is 0. The van der Waals surface area contributed by atoms with Gasteiger partial charge in [-0.1, -0.05) is 25.1 Å². The highest BCUT2D eigenvalue weighted by atomic mass is 19.1. The average molecular weight is 237 g/mol. The van der Waals surface area contributed by atoms with Gasteiger partial charge in [0.15, 0.2) is 0 Å². The predicted octanol–water partition coefficient (Wildman–Crippen LogP) is 2.48. The van der Waals surface area contributed by atoms with Crippen LogP contribution < -0.4 is 5.32 Å². The highest BCUT2D eigenvalue weighted by Crippen LogP contribution is 2.33. The van der Waals surface area contributed by atoms with E-state index in [1.165, 1.54) is 0 Å². The van der Waals surface area contributed by atoms with Crippen LogP contribution in [0.4, 0.5) is 4.39 Å². The first kappa shape index (κ1) is 12.5. The van der Waals surface area contributed by atoms with Gasteiger partial charge in [-0.2, -0.15) is 0 Å². The molecule has 2 rings (SSSR count). The fourth-order valence-corrected chi connectivity index (χ4v) is 2.33. The maximum absolute atomic E-state index is 13.8. The van der Waals surface area contributed by atoms with E-state index in [1.54, 1.807) is 12.1 Å². The highest BCUT2D eigenvalue weighted by Gasteiger charge is 2.39. The van der Waals surface area contributed by atoms with E-state index < -0.39 is 0 Å². The molecule has 3 heteroatoms. The Balaban J connectivity index is 2.02. The fraction of sp³-hybridized carbons (Fsp3) is 0.571. The molecule has 0 radical (unpaired) electrons. The average Bonchev–Trinajstić information content (AvgIpc) is 2.29. The van der Waals surface area contributed by atoms with Gasteiger partial charge in [0.1, 0.15) is 5.82 Å². The number of hydrogen-bond donors (Lipinski definition) is 1. The van der Waals surface area contributed by atoms with Crippen molar-refractivity contribution in [2.75, 3.05) is 26.3 Å². The largest absolute Gasteiger partial charge is 0.381 e. The molecule has 0 aliphatic carbocycles.